The highest BCUT2D eigenvalue weighted by molar-refractivity contribution is 7.13. The van der Waals surface area contributed by atoms with Gasteiger partial charge in [0, 0.05) is 28.9 Å². The molecule has 0 fully saturated rings. The van der Waals surface area contributed by atoms with Crippen molar-refractivity contribution in [2.45, 2.75) is 0 Å². The minimum atomic E-state index is 0.775. The minimum absolute atomic E-state index is 0.775. The fourth-order valence-corrected chi connectivity index (χ4v) is 3.69. The Labute approximate surface area is 160 Å². The summed E-state index contributed by atoms with van der Waals surface area (Å²) in [5.74, 6) is 2.46. The van der Waals surface area contributed by atoms with E-state index in [1.165, 1.54) is 0 Å². The summed E-state index contributed by atoms with van der Waals surface area (Å²) in [6.45, 7) is 0. The van der Waals surface area contributed by atoms with Gasteiger partial charge in [0.25, 0.3) is 0 Å². The molecule has 3 heterocycles. The first-order valence-electron chi connectivity index (χ1n) is 8.57. The summed E-state index contributed by atoms with van der Waals surface area (Å²) in [7, 11) is 0. The molecule has 2 aromatic carbocycles. The molecule has 0 amide bonds. The number of thiazole rings is 1. The SMILES string of the molecule is c1cc(Oc2cccc(-c3ncc4ccccn34)c2)cc(-c2nccs2)c1. The molecule has 0 radical (unpaired) electrons. The first-order valence-corrected chi connectivity index (χ1v) is 9.45. The number of imidazole rings is 1. The molecule has 4 nitrogen and oxygen atoms in total. The average molecular weight is 369 g/mol. The number of ether oxygens (including phenoxy) is 1. The highest BCUT2D eigenvalue weighted by atomic mass is 32.1. The van der Waals surface area contributed by atoms with Crippen LogP contribution in [0.15, 0.2) is 90.7 Å². The standard InChI is InChI=1S/C22H15N3OS/c1-2-11-25-18(7-1)15-24-21(25)16-5-3-8-19(13-16)26-20-9-4-6-17(14-20)22-23-10-12-27-22/h1-15H. The molecular weight excluding hydrogens is 354 g/mol. The summed E-state index contributed by atoms with van der Waals surface area (Å²) in [6.07, 6.45) is 5.70. The second kappa shape index (κ2) is 6.70. The lowest BCUT2D eigenvalue weighted by Gasteiger charge is -2.08. The van der Waals surface area contributed by atoms with E-state index in [-0.39, 0.29) is 0 Å². The Balaban J connectivity index is 1.47. The van der Waals surface area contributed by atoms with Gasteiger partial charge in [0.2, 0.25) is 0 Å². The Bertz CT molecular complexity index is 1210. The number of hydrogen-bond donors (Lipinski definition) is 0. The van der Waals surface area contributed by atoms with Gasteiger partial charge in [-0.05, 0) is 36.4 Å². The molecule has 0 saturated heterocycles. The maximum atomic E-state index is 6.11. The van der Waals surface area contributed by atoms with Crippen LogP contribution in [0.4, 0.5) is 0 Å². The fourth-order valence-electron chi connectivity index (χ4n) is 3.05. The molecule has 0 aliphatic heterocycles. The van der Waals surface area contributed by atoms with Crippen LogP contribution < -0.4 is 4.74 Å². The van der Waals surface area contributed by atoms with E-state index >= 15 is 0 Å². The summed E-state index contributed by atoms with van der Waals surface area (Å²) >= 11 is 1.62. The molecule has 5 heteroatoms. The highest BCUT2D eigenvalue weighted by Gasteiger charge is 2.08. The quantitative estimate of drug-likeness (QED) is 0.395. The normalized spacial score (nSPS) is 11.0. The average Bonchev–Trinajstić information content (AvgIpc) is 3.39. The highest BCUT2D eigenvalue weighted by Crippen LogP contribution is 2.30. The lowest BCUT2D eigenvalue weighted by atomic mass is 10.2. The largest absolute Gasteiger partial charge is 0.457 e. The van der Waals surface area contributed by atoms with Crippen LogP contribution in [0.2, 0.25) is 0 Å². The van der Waals surface area contributed by atoms with Crippen LogP contribution in [0.5, 0.6) is 11.5 Å². The minimum Gasteiger partial charge on any atom is -0.457 e. The molecule has 5 aromatic rings. The van der Waals surface area contributed by atoms with Crippen molar-refractivity contribution in [3.8, 4) is 33.5 Å². The molecule has 0 N–H and O–H groups in total. The zero-order valence-electron chi connectivity index (χ0n) is 14.3. The molecule has 3 aromatic heterocycles. The van der Waals surface area contributed by atoms with E-state index in [2.05, 4.69) is 14.4 Å². The van der Waals surface area contributed by atoms with Gasteiger partial charge in [-0.1, -0.05) is 30.3 Å². The zero-order valence-corrected chi connectivity index (χ0v) is 15.1. The van der Waals surface area contributed by atoms with Crippen molar-refractivity contribution in [1.82, 2.24) is 14.4 Å². The number of aromatic nitrogens is 3. The van der Waals surface area contributed by atoms with Gasteiger partial charge in [-0.15, -0.1) is 11.3 Å². The van der Waals surface area contributed by atoms with Crippen molar-refractivity contribution in [3.05, 3.63) is 90.7 Å². The van der Waals surface area contributed by atoms with Gasteiger partial charge in [0.15, 0.2) is 0 Å². The van der Waals surface area contributed by atoms with Crippen LogP contribution in [0.25, 0.3) is 27.5 Å². The van der Waals surface area contributed by atoms with E-state index in [4.69, 9.17) is 4.74 Å². The third-order valence-corrected chi connectivity index (χ3v) is 5.10. The first kappa shape index (κ1) is 15.8. The Morgan fingerprint density at radius 2 is 1.63 bits per heavy atom. The Morgan fingerprint density at radius 1 is 0.815 bits per heavy atom. The summed E-state index contributed by atoms with van der Waals surface area (Å²) in [5.41, 5.74) is 3.13. The number of fused-ring (bicyclic) bond motifs is 1. The molecular formula is C22H15N3OS. The summed E-state index contributed by atoms with van der Waals surface area (Å²) in [5, 5.41) is 2.96. The summed E-state index contributed by atoms with van der Waals surface area (Å²) in [6, 6.07) is 22.0. The van der Waals surface area contributed by atoms with E-state index in [0.29, 0.717) is 0 Å². The second-order valence-corrected chi connectivity index (χ2v) is 6.97. The van der Waals surface area contributed by atoms with Crippen LogP contribution in [-0.4, -0.2) is 14.4 Å². The second-order valence-electron chi connectivity index (χ2n) is 6.07. The molecule has 0 aliphatic carbocycles. The van der Waals surface area contributed by atoms with Gasteiger partial charge >= 0.3 is 0 Å². The maximum Gasteiger partial charge on any atom is 0.144 e. The van der Waals surface area contributed by atoms with Crippen LogP contribution in [0.3, 0.4) is 0 Å². The van der Waals surface area contributed by atoms with Crippen molar-refractivity contribution >= 4 is 16.9 Å². The van der Waals surface area contributed by atoms with Crippen molar-refractivity contribution in [2.24, 2.45) is 0 Å². The van der Waals surface area contributed by atoms with Gasteiger partial charge in [-0.3, -0.25) is 4.40 Å². The Kier molecular flexibility index (Phi) is 3.92. The molecule has 0 atom stereocenters. The predicted molar refractivity (Wildman–Crippen MR) is 108 cm³/mol. The summed E-state index contributed by atoms with van der Waals surface area (Å²) in [4.78, 5) is 8.93. The topological polar surface area (TPSA) is 39.4 Å². The van der Waals surface area contributed by atoms with Crippen molar-refractivity contribution in [1.29, 1.82) is 0 Å². The van der Waals surface area contributed by atoms with Gasteiger partial charge < -0.3 is 4.74 Å². The van der Waals surface area contributed by atoms with Gasteiger partial charge in [-0.25, -0.2) is 9.97 Å². The monoisotopic (exact) mass is 369 g/mol. The lowest BCUT2D eigenvalue weighted by molar-refractivity contribution is 0.483. The molecule has 0 unspecified atom stereocenters. The summed E-state index contributed by atoms with van der Waals surface area (Å²) < 4.78 is 8.18. The molecule has 0 spiro atoms. The van der Waals surface area contributed by atoms with Crippen LogP contribution >= 0.6 is 11.3 Å². The van der Waals surface area contributed by atoms with Crippen LogP contribution in [0.1, 0.15) is 0 Å². The van der Waals surface area contributed by atoms with E-state index in [1.54, 1.807) is 11.3 Å². The van der Waals surface area contributed by atoms with Gasteiger partial charge in [0.1, 0.15) is 22.3 Å². The van der Waals surface area contributed by atoms with Crippen LogP contribution in [-0.2, 0) is 0 Å². The number of hydrogen-bond acceptors (Lipinski definition) is 4. The van der Waals surface area contributed by atoms with E-state index in [1.807, 2.05) is 90.7 Å². The first-order chi connectivity index (χ1) is 13.4. The third-order valence-electron chi connectivity index (χ3n) is 4.28. The Hall–Kier alpha value is -3.44. The molecule has 5 rings (SSSR count). The third kappa shape index (κ3) is 3.09. The van der Waals surface area contributed by atoms with Crippen molar-refractivity contribution < 1.29 is 4.74 Å². The fraction of sp³-hybridized carbons (Fsp3) is 0. The van der Waals surface area contributed by atoms with E-state index in [0.717, 1.165) is 39.0 Å². The van der Waals surface area contributed by atoms with Crippen LogP contribution in [0, 0.1) is 0 Å². The van der Waals surface area contributed by atoms with Crippen molar-refractivity contribution in [3.63, 3.8) is 0 Å². The molecule has 130 valence electrons. The smallest absolute Gasteiger partial charge is 0.144 e. The number of pyridine rings is 1. The molecule has 0 aliphatic rings. The predicted octanol–water partition coefficient (Wildman–Crippen LogP) is 5.92. The van der Waals surface area contributed by atoms with Gasteiger partial charge in [-0.2, -0.15) is 0 Å². The lowest BCUT2D eigenvalue weighted by Crippen LogP contribution is -1.90. The molecule has 27 heavy (non-hydrogen) atoms. The Morgan fingerprint density at radius 3 is 2.44 bits per heavy atom. The van der Waals surface area contributed by atoms with Crippen molar-refractivity contribution in [2.75, 3.05) is 0 Å². The van der Waals surface area contributed by atoms with Gasteiger partial charge in [0.05, 0.1) is 11.7 Å². The molecule has 0 bridgehead atoms. The number of nitrogens with zero attached hydrogens (tertiary/aromatic N) is 3. The maximum absolute atomic E-state index is 6.11. The zero-order chi connectivity index (χ0) is 18.1. The number of rotatable bonds is 4. The molecule has 0 saturated carbocycles. The van der Waals surface area contributed by atoms with E-state index in [9.17, 15) is 0 Å². The number of benzene rings is 2. The van der Waals surface area contributed by atoms with E-state index < -0.39 is 0 Å².